The number of nitrogens with one attached hydrogen (secondary N) is 2. The van der Waals surface area contributed by atoms with E-state index in [4.69, 9.17) is 19.9 Å². The number of benzene rings is 1. The third-order valence-corrected chi connectivity index (χ3v) is 8.54. The van der Waals surface area contributed by atoms with Gasteiger partial charge in [-0.05, 0) is 59.2 Å². The van der Waals surface area contributed by atoms with Gasteiger partial charge in [-0.3, -0.25) is 5.41 Å². The Bertz CT molecular complexity index is 1330. The standard InChI is InChI=1S/C23H27BrN6O4S/c1-12(2)15-7-13(4-6-30(15)23(31)32)3-5-29-10-26-20(25)19-21(29)28-22(27-19)35-18-9-17-16(8-14(18)24)33-11-34-17/h8-10,12-13,15,25H,3-7,11H2,1-2H3,(H,27,28)(H,31,32). The number of carbonyl (C=O) groups is 1. The molecule has 3 aromatic rings. The Balaban J connectivity index is 1.33. The summed E-state index contributed by atoms with van der Waals surface area (Å²) in [6.07, 6.45) is 3.45. The highest BCUT2D eigenvalue weighted by atomic mass is 79.9. The van der Waals surface area contributed by atoms with E-state index in [1.807, 2.05) is 16.7 Å². The van der Waals surface area contributed by atoms with Crippen LogP contribution in [0.15, 0.2) is 33.0 Å². The van der Waals surface area contributed by atoms with E-state index in [-0.39, 0.29) is 24.2 Å². The molecular weight excluding hydrogens is 536 g/mol. The fourth-order valence-corrected chi connectivity index (χ4v) is 6.16. The first-order valence-electron chi connectivity index (χ1n) is 11.6. The molecule has 186 valence electrons. The van der Waals surface area contributed by atoms with Crippen molar-refractivity contribution in [3.05, 3.63) is 28.4 Å². The van der Waals surface area contributed by atoms with Crippen LogP contribution >= 0.6 is 27.7 Å². The summed E-state index contributed by atoms with van der Waals surface area (Å²) in [4.78, 5) is 26.4. The molecule has 1 aromatic carbocycles. The first kappa shape index (κ1) is 24.0. The van der Waals surface area contributed by atoms with Gasteiger partial charge in [-0.25, -0.2) is 14.8 Å². The predicted molar refractivity (Wildman–Crippen MR) is 133 cm³/mol. The van der Waals surface area contributed by atoms with E-state index in [9.17, 15) is 9.90 Å². The van der Waals surface area contributed by atoms with Crippen LogP contribution in [0.2, 0.25) is 0 Å². The van der Waals surface area contributed by atoms with Gasteiger partial charge in [0.2, 0.25) is 6.79 Å². The SMILES string of the molecule is CC(C)C1CC(CCn2cnc(=N)c3[nH]c(Sc4cc5c(cc4Br)OCO5)nc32)CCN1C(=O)O. The summed E-state index contributed by atoms with van der Waals surface area (Å²) in [6, 6.07) is 3.83. The molecule has 0 bridgehead atoms. The number of nitrogens with zero attached hydrogens (tertiary/aromatic N) is 4. The normalized spacial score (nSPS) is 19.6. The van der Waals surface area contributed by atoms with Gasteiger partial charge < -0.3 is 29.0 Å². The average Bonchev–Trinajstić information content (AvgIpc) is 3.46. The topological polar surface area (TPSA) is 129 Å². The molecule has 2 aromatic heterocycles. The Labute approximate surface area is 214 Å². The third-order valence-electron chi connectivity index (χ3n) is 6.68. The number of hydrogen-bond acceptors (Lipinski definition) is 7. The Morgan fingerprint density at radius 2 is 2.14 bits per heavy atom. The van der Waals surface area contributed by atoms with Crippen molar-refractivity contribution >= 4 is 44.9 Å². The van der Waals surface area contributed by atoms with Crippen molar-refractivity contribution < 1.29 is 19.4 Å². The number of fused-ring (bicyclic) bond motifs is 2. The zero-order chi connectivity index (χ0) is 24.7. The maximum Gasteiger partial charge on any atom is 0.407 e. The molecule has 1 amide bonds. The second-order valence-corrected chi connectivity index (χ2v) is 11.1. The molecule has 0 spiro atoms. The molecule has 2 aliphatic heterocycles. The van der Waals surface area contributed by atoms with Crippen molar-refractivity contribution in [3.8, 4) is 11.5 Å². The number of halogens is 1. The predicted octanol–water partition coefficient (Wildman–Crippen LogP) is 4.69. The first-order valence-corrected chi connectivity index (χ1v) is 13.2. The third kappa shape index (κ3) is 4.86. The summed E-state index contributed by atoms with van der Waals surface area (Å²) < 4.78 is 13.8. The maximum atomic E-state index is 11.6. The molecule has 0 saturated carbocycles. The van der Waals surface area contributed by atoms with Crippen LogP contribution < -0.4 is 15.0 Å². The summed E-state index contributed by atoms with van der Waals surface area (Å²) in [5.41, 5.74) is 1.43. The van der Waals surface area contributed by atoms with Gasteiger partial charge in [0.1, 0.15) is 5.52 Å². The highest BCUT2D eigenvalue weighted by Gasteiger charge is 2.33. The zero-order valence-corrected chi connectivity index (χ0v) is 21.9. The highest BCUT2D eigenvalue weighted by molar-refractivity contribution is 9.10. The minimum Gasteiger partial charge on any atom is -0.465 e. The molecule has 1 saturated heterocycles. The Morgan fingerprint density at radius 3 is 2.89 bits per heavy atom. The number of aromatic amines is 1. The lowest BCUT2D eigenvalue weighted by Gasteiger charge is -2.40. The van der Waals surface area contributed by atoms with Crippen molar-refractivity contribution in [1.82, 2.24) is 24.4 Å². The van der Waals surface area contributed by atoms with Gasteiger partial charge in [0.05, 0.1) is 6.33 Å². The van der Waals surface area contributed by atoms with E-state index in [0.717, 1.165) is 28.6 Å². The number of aromatic nitrogens is 4. The first-order chi connectivity index (χ1) is 16.8. The van der Waals surface area contributed by atoms with Crippen LogP contribution in [0.3, 0.4) is 0 Å². The molecule has 1 fully saturated rings. The molecule has 35 heavy (non-hydrogen) atoms. The van der Waals surface area contributed by atoms with Crippen molar-refractivity contribution in [2.45, 2.75) is 55.7 Å². The Morgan fingerprint density at radius 1 is 1.37 bits per heavy atom. The number of rotatable bonds is 6. The molecule has 0 radical (unpaired) electrons. The number of likely N-dealkylation sites (tertiary alicyclic amines) is 1. The second kappa shape index (κ2) is 9.73. The minimum absolute atomic E-state index is 0.0403. The number of carboxylic acid groups (broad SMARTS) is 1. The zero-order valence-electron chi connectivity index (χ0n) is 19.5. The van der Waals surface area contributed by atoms with Gasteiger partial charge >= 0.3 is 6.09 Å². The molecule has 3 N–H and O–H groups in total. The van der Waals surface area contributed by atoms with E-state index in [1.165, 1.54) is 11.8 Å². The van der Waals surface area contributed by atoms with Crippen molar-refractivity contribution in [3.63, 3.8) is 0 Å². The summed E-state index contributed by atoms with van der Waals surface area (Å²) in [5.74, 6) is 2.10. The van der Waals surface area contributed by atoms with Gasteiger partial charge in [0, 0.05) is 28.5 Å². The molecule has 2 unspecified atom stereocenters. The monoisotopic (exact) mass is 562 g/mol. The molecule has 5 rings (SSSR count). The minimum atomic E-state index is -0.830. The summed E-state index contributed by atoms with van der Waals surface area (Å²) in [7, 11) is 0. The van der Waals surface area contributed by atoms with Crippen LogP contribution in [-0.4, -0.2) is 55.0 Å². The largest absolute Gasteiger partial charge is 0.465 e. The number of imidazole rings is 1. The van der Waals surface area contributed by atoms with Crippen LogP contribution in [0.5, 0.6) is 11.5 Å². The summed E-state index contributed by atoms with van der Waals surface area (Å²) >= 11 is 5.03. The quantitative estimate of drug-likeness (QED) is 0.397. The Hall–Kier alpha value is -2.73. The lowest BCUT2D eigenvalue weighted by Crippen LogP contribution is -2.48. The molecule has 10 nitrogen and oxygen atoms in total. The van der Waals surface area contributed by atoms with Crippen LogP contribution in [0.25, 0.3) is 11.2 Å². The summed E-state index contributed by atoms with van der Waals surface area (Å²) in [6.45, 7) is 5.65. The van der Waals surface area contributed by atoms with Crippen LogP contribution in [0, 0.1) is 17.2 Å². The molecule has 0 aliphatic carbocycles. The van der Waals surface area contributed by atoms with Crippen LogP contribution in [-0.2, 0) is 6.54 Å². The van der Waals surface area contributed by atoms with Gasteiger partial charge in [0.15, 0.2) is 27.8 Å². The van der Waals surface area contributed by atoms with Gasteiger partial charge in [-0.2, -0.15) is 0 Å². The average molecular weight is 563 g/mol. The van der Waals surface area contributed by atoms with E-state index in [2.05, 4.69) is 39.7 Å². The Kier molecular flexibility index (Phi) is 6.67. The number of H-pyrrole nitrogens is 1. The number of amides is 1. The smallest absolute Gasteiger partial charge is 0.407 e. The van der Waals surface area contributed by atoms with Crippen molar-refractivity contribution in [2.24, 2.45) is 11.8 Å². The van der Waals surface area contributed by atoms with Crippen molar-refractivity contribution in [2.75, 3.05) is 13.3 Å². The van der Waals surface area contributed by atoms with E-state index >= 15 is 0 Å². The molecule has 12 heteroatoms. The number of hydrogen-bond donors (Lipinski definition) is 3. The second-order valence-electron chi connectivity index (χ2n) is 9.23. The molecule has 2 atom stereocenters. The summed E-state index contributed by atoms with van der Waals surface area (Å²) in [5, 5.41) is 18.4. The van der Waals surface area contributed by atoms with E-state index < -0.39 is 6.09 Å². The number of piperidine rings is 1. The van der Waals surface area contributed by atoms with E-state index in [0.29, 0.717) is 46.8 Å². The van der Waals surface area contributed by atoms with Crippen molar-refractivity contribution in [1.29, 1.82) is 5.41 Å². The fourth-order valence-electron chi connectivity index (χ4n) is 4.78. The maximum absolute atomic E-state index is 11.6. The number of ether oxygens (including phenoxy) is 2. The molecular formula is C23H27BrN6O4S. The fraction of sp³-hybridized carbons (Fsp3) is 0.478. The lowest BCUT2D eigenvalue weighted by molar-refractivity contribution is 0.0682. The van der Waals surface area contributed by atoms with Gasteiger partial charge in [-0.1, -0.05) is 25.6 Å². The van der Waals surface area contributed by atoms with Gasteiger partial charge in [-0.15, -0.1) is 0 Å². The van der Waals surface area contributed by atoms with Crippen LogP contribution in [0.4, 0.5) is 4.79 Å². The molecule has 4 heterocycles. The van der Waals surface area contributed by atoms with E-state index in [1.54, 1.807) is 11.2 Å². The highest BCUT2D eigenvalue weighted by Crippen LogP contribution is 2.42. The molecule has 2 aliphatic rings. The lowest BCUT2D eigenvalue weighted by atomic mass is 9.84. The number of aryl methyl sites for hydroxylation is 1. The van der Waals surface area contributed by atoms with Gasteiger partial charge in [0.25, 0.3) is 0 Å². The van der Waals surface area contributed by atoms with Crippen LogP contribution in [0.1, 0.15) is 33.1 Å².